The van der Waals surface area contributed by atoms with Crippen molar-refractivity contribution in [2.75, 3.05) is 33.9 Å². The van der Waals surface area contributed by atoms with Gasteiger partial charge < -0.3 is 14.8 Å². The maximum absolute atomic E-state index is 12.1. The third-order valence-electron chi connectivity index (χ3n) is 4.24. The number of benzene rings is 1. The first-order chi connectivity index (χ1) is 11.5. The average molecular weight is 331 g/mol. The van der Waals surface area contributed by atoms with E-state index in [1.54, 1.807) is 14.0 Å². The Balaban J connectivity index is 1.69. The van der Waals surface area contributed by atoms with Gasteiger partial charge in [-0.1, -0.05) is 0 Å². The number of ether oxygens (including phenoxy) is 2. The Hall–Kier alpha value is -2.26. The van der Waals surface area contributed by atoms with Crippen LogP contribution in [0.15, 0.2) is 24.3 Å². The van der Waals surface area contributed by atoms with Crippen molar-refractivity contribution in [2.45, 2.75) is 25.3 Å². The van der Waals surface area contributed by atoms with Crippen LogP contribution >= 0.6 is 0 Å². The molecule has 6 nitrogen and oxygen atoms in total. The van der Waals surface area contributed by atoms with Crippen molar-refractivity contribution in [3.8, 4) is 17.6 Å². The molecule has 1 N–H and O–H groups in total. The fourth-order valence-corrected chi connectivity index (χ4v) is 2.53. The lowest BCUT2D eigenvalue weighted by atomic mass is 9.98. The zero-order valence-electron chi connectivity index (χ0n) is 14.5. The van der Waals surface area contributed by atoms with Gasteiger partial charge in [0.2, 0.25) is 5.91 Å². The van der Waals surface area contributed by atoms with Crippen LogP contribution in [0.25, 0.3) is 0 Å². The van der Waals surface area contributed by atoms with Crippen LogP contribution < -0.4 is 14.8 Å². The van der Waals surface area contributed by atoms with E-state index in [0.717, 1.165) is 24.3 Å². The average Bonchev–Trinajstić information content (AvgIpc) is 3.40. The number of nitriles is 1. The van der Waals surface area contributed by atoms with Gasteiger partial charge >= 0.3 is 0 Å². The van der Waals surface area contributed by atoms with Gasteiger partial charge in [-0.2, -0.15) is 5.26 Å². The molecule has 24 heavy (non-hydrogen) atoms. The predicted molar refractivity (Wildman–Crippen MR) is 90.9 cm³/mol. The molecule has 6 heteroatoms. The molecule has 1 amide bonds. The van der Waals surface area contributed by atoms with Crippen LogP contribution in [-0.4, -0.2) is 50.2 Å². The quantitative estimate of drug-likeness (QED) is 0.747. The highest BCUT2D eigenvalue weighted by molar-refractivity contribution is 5.79. The molecule has 1 unspecified atom stereocenters. The van der Waals surface area contributed by atoms with Gasteiger partial charge in [0.1, 0.15) is 23.6 Å². The Labute approximate surface area is 143 Å². The van der Waals surface area contributed by atoms with Crippen molar-refractivity contribution < 1.29 is 14.3 Å². The molecule has 1 fully saturated rings. The highest BCUT2D eigenvalue weighted by Crippen LogP contribution is 2.39. The molecule has 0 spiro atoms. The highest BCUT2D eigenvalue weighted by atomic mass is 16.5. The second kappa shape index (κ2) is 8.02. The minimum absolute atomic E-state index is 0.127. The Morgan fingerprint density at radius 1 is 1.38 bits per heavy atom. The van der Waals surface area contributed by atoms with E-state index < -0.39 is 5.54 Å². The molecule has 0 saturated heterocycles. The summed E-state index contributed by atoms with van der Waals surface area (Å²) in [7, 11) is 3.48. The number of nitrogens with one attached hydrogen (secondary N) is 1. The molecular formula is C18H25N3O3. The van der Waals surface area contributed by atoms with Crippen molar-refractivity contribution in [1.82, 2.24) is 10.2 Å². The van der Waals surface area contributed by atoms with Crippen LogP contribution in [0.1, 0.15) is 19.8 Å². The largest absolute Gasteiger partial charge is 0.497 e. The van der Waals surface area contributed by atoms with Crippen molar-refractivity contribution in [3.63, 3.8) is 0 Å². The Morgan fingerprint density at radius 3 is 2.54 bits per heavy atom. The molecule has 1 aromatic carbocycles. The normalized spacial score (nSPS) is 16.1. The minimum atomic E-state index is -0.739. The predicted octanol–water partition coefficient (Wildman–Crippen LogP) is 1.81. The highest BCUT2D eigenvalue weighted by Gasteiger charge is 2.42. The zero-order chi connectivity index (χ0) is 17.6. The van der Waals surface area contributed by atoms with Crippen molar-refractivity contribution in [1.29, 1.82) is 5.26 Å². The summed E-state index contributed by atoms with van der Waals surface area (Å²) >= 11 is 0. The molecule has 1 saturated carbocycles. The third-order valence-corrected chi connectivity index (χ3v) is 4.24. The number of hydrogen-bond donors (Lipinski definition) is 1. The van der Waals surface area contributed by atoms with E-state index in [1.807, 2.05) is 36.2 Å². The number of methoxy groups -OCH3 is 1. The molecule has 0 bridgehead atoms. The minimum Gasteiger partial charge on any atom is -0.497 e. The van der Waals surface area contributed by atoms with Gasteiger partial charge in [0.05, 0.1) is 19.7 Å². The van der Waals surface area contributed by atoms with Crippen molar-refractivity contribution in [3.05, 3.63) is 24.3 Å². The Morgan fingerprint density at radius 2 is 2.00 bits per heavy atom. The number of hydrogen-bond acceptors (Lipinski definition) is 5. The van der Waals surface area contributed by atoms with E-state index in [4.69, 9.17) is 9.47 Å². The van der Waals surface area contributed by atoms with E-state index in [9.17, 15) is 10.1 Å². The van der Waals surface area contributed by atoms with Gasteiger partial charge in [-0.25, -0.2) is 0 Å². The lowest BCUT2D eigenvalue weighted by molar-refractivity contribution is -0.123. The molecule has 0 heterocycles. The molecule has 130 valence electrons. The Bertz CT molecular complexity index is 593. The van der Waals surface area contributed by atoms with Gasteiger partial charge in [-0.15, -0.1) is 0 Å². The lowest BCUT2D eigenvalue weighted by Crippen LogP contribution is -2.50. The van der Waals surface area contributed by atoms with Crippen LogP contribution in [-0.2, 0) is 4.79 Å². The van der Waals surface area contributed by atoms with Crippen LogP contribution in [0.4, 0.5) is 0 Å². The summed E-state index contributed by atoms with van der Waals surface area (Å²) in [6, 6.07) is 9.61. The second-order valence-electron chi connectivity index (χ2n) is 6.40. The standard InChI is InChI=1S/C18H25N3O3/c1-18(13-19,14-4-5-14)20-17(22)12-21(2)10-11-24-16-8-6-15(23-3)7-9-16/h6-9,14H,4-5,10-12H2,1-3H3,(H,20,22). The maximum atomic E-state index is 12.1. The number of carbonyl (C=O) groups excluding carboxylic acids is 1. The first kappa shape index (κ1) is 18.1. The number of nitrogens with zero attached hydrogens (tertiary/aromatic N) is 2. The molecule has 0 aliphatic heterocycles. The number of rotatable bonds is 9. The van der Waals surface area contributed by atoms with Crippen LogP contribution in [0.3, 0.4) is 0 Å². The van der Waals surface area contributed by atoms with E-state index in [2.05, 4.69) is 11.4 Å². The van der Waals surface area contributed by atoms with Crippen molar-refractivity contribution >= 4 is 5.91 Å². The summed E-state index contributed by atoms with van der Waals surface area (Å²) in [6.45, 7) is 3.14. The molecule has 1 atom stereocenters. The lowest BCUT2D eigenvalue weighted by Gasteiger charge is -2.24. The number of likely N-dealkylation sites (N-methyl/N-ethyl adjacent to an activating group) is 1. The van der Waals surface area contributed by atoms with Gasteiger partial charge in [0, 0.05) is 6.54 Å². The fourth-order valence-electron chi connectivity index (χ4n) is 2.53. The topological polar surface area (TPSA) is 74.6 Å². The molecule has 1 aliphatic carbocycles. The van der Waals surface area contributed by atoms with Gasteiger partial charge in [0.25, 0.3) is 0 Å². The van der Waals surface area contributed by atoms with E-state index in [1.165, 1.54) is 0 Å². The molecular weight excluding hydrogens is 306 g/mol. The van der Waals surface area contributed by atoms with E-state index >= 15 is 0 Å². The molecule has 1 aliphatic rings. The van der Waals surface area contributed by atoms with Crippen LogP contribution in [0.5, 0.6) is 11.5 Å². The monoisotopic (exact) mass is 331 g/mol. The first-order valence-corrected chi connectivity index (χ1v) is 8.14. The summed E-state index contributed by atoms with van der Waals surface area (Å²) in [5, 5.41) is 12.1. The number of amides is 1. The first-order valence-electron chi connectivity index (χ1n) is 8.14. The maximum Gasteiger partial charge on any atom is 0.235 e. The fraction of sp³-hybridized carbons (Fsp3) is 0.556. The van der Waals surface area contributed by atoms with Gasteiger partial charge in [-0.3, -0.25) is 9.69 Å². The third kappa shape index (κ3) is 5.14. The smallest absolute Gasteiger partial charge is 0.235 e. The van der Waals surface area contributed by atoms with Crippen LogP contribution in [0, 0.1) is 17.2 Å². The summed E-state index contributed by atoms with van der Waals surface area (Å²) in [5.74, 6) is 1.71. The van der Waals surface area contributed by atoms with E-state index in [0.29, 0.717) is 13.2 Å². The van der Waals surface area contributed by atoms with Crippen LogP contribution in [0.2, 0.25) is 0 Å². The van der Waals surface area contributed by atoms with Gasteiger partial charge in [-0.05, 0) is 57.0 Å². The molecule has 0 radical (unpaired) electrons. The summed E-state index contributed by atoms with van der Waals surface area (Å²) in [5.41, 5.74) is -0.739. The summed E-state index contributed by atoms with van der Waals surface area (Å²) < 4.78 is 10.7. The molecule has 2 rings (SSSR count). The van der Waals surface area contributed by atoms with E-state index in [-0.39, 0.29) is 18.4 Å². The molecule has 0 aromatic heterocycles. The van der Waals surface area contributed by atoms with Crippen molar-refractivity contribution in [2.24, 2.45) is 5.92 Å². The van der Waals surface area contributed by atoms with Gasteiger partial charge in [0.15, 0.2) is 0 Å². The number of carbonyl (C=O) groups is 1. The molecule has 1 aromatic rings. The Kier molecular flexibility index (Phi) is 6.04. The SMILES string of the molecule is COc1ccc(OCCN(C)CC(=O)NC(C)(C#N)C2CC2)cc1. The summed E-state index contributed by atoms with van der Waals surface area (Å²) in [6.07, 6.45) is 2.02. The zero-order valence-corrected chi connectivity index (χ0v) is 14.5. The second-order valence-corrected chi connectivity index (χ2v) is 6.40. The summed E-state index contributed by atoms with van der Waals surface area (Å²) in [4.78, 5) is 14.0.